The van der Waals surface area contributed by atoms with Crippen molar-refractivity contribution >= 4 is 40.5 Å². The summed E-state index contributed by atoms with van der Waals surface area (Å²) < 4.78 is 5.28. The van der Waals surface area contributed by atoms with Crippen LogP contribution in [0.2, 0.25) is 0 Å². The van der Waals surface area contributed by atoms with Gasteiger partial charge in [-0.3, -0.25) is 9.59 Å². The van der Waals surface area contributed by atoms with Crippen molar-refractivity contribution in [3.8, 4) is 0 Å². The molecule has 0 bridgehead atoms. The van der Waals surface area contributed by atoms with Crippen molar-refractivity contribution in [1.29, 1.82) is 0 Å². The maximum Gasteiger partial charge on any atom is 0.338 e. The normalized spacial score (nSPS) is 11.4. The summed E-state index contributed by atoms with van der Waals surface area (Å²) in [4.78, 5) is 37.5. The van der Waals surface area contributed by atoms with Crippen molar-refractivity contribution in [2.24, 2.45) is 0 Å². The summed E-state index contributed by atoms with van der Waals surface area (Å²) in [5, 5.41) is 7.30. The van der Waals surface area contributed by atoms with Crippen molar-refractivity contribution in [1.82, 2.24) is 0 Å². The van der Waals surface area contributed by atoms with Gasteiger partial charge in [0.15, 0.2) is 6.10 Å². The van der Waals surface area contributed by atoms with E-state index < -0.39 is 18.0 Å². The quantitative estimate of drug-likeness (QED) is 0.589. The topological polar surface area (TPSA) is 84.5 Å². The summed E-state index contributed by atoms with van der Waals surface area (Å²) >= 11 is 1.33. The minimum Gasteiger partial charge on any atom is -0.449 e. The monoisotopic (exact) mass is 408 g/mol. The lowest BCUT2D eigenvalue weighted by molar-refractivity contribution is -0.123. The number of esters is 1. The summed E-state index contributed by atoms with van der Waals surface area (Å²) in [6.07, 6.45) is -0.980. The molecular formula is C22H20N2O4S. The van der Waals surface area contributed by atoms with Crippen LogP contribution < -0.4 is 10.6 Å². The first-order valence-electron chi connectivity index (χ1n) is 8.96. The molecule has 2 amide bonds. The van der Waals surface area contributed by atoms with Crippen molar-refractivity contribution < 1.29 is 19.1 Å². The van der Waals surface area contributed by atoms with Crippen LogP contribution in [0.5, 0.6) is 0 Å². The van der Waals surface area contributed by atoms with Crippen LogP contribution in [0.1, 0.15) is 32.5 Å². The minimum atomic E-state index is -0.980. The number of amides is 2. The molecule has 1 heterocycles. The summed E-state index contributed by atoms with van der Waals surface area (Å²) in [5.74, 6) is -1.32. The van der Waals surface area contributed by atoms with Crippen LogP contribution in [0.3, 0.4) is 0 Å². The zero-order valence-electron chi connectivity index (χ0n) is 16.0. The summed E-state index contributed by atoms with van der Waals surface area (Å²) in [6.45, 7) is 3.39. The van der Waals surface area contributed by atoms with Crippen LogP contribution in [0, 0.1) is 6.92 Å². The standard InChI is InChI=1S/C22H20N2O4S/c1-14-7-3-4-10-18(14)24-20(25)15(2)28-22(27)16-8-5-9-17(13-16)23-21(26)19-11-6-12-29-19/h3-13,15H,1-2H3,(H,23,26)(H,24,25). The summed E-state index contributed by atoms with van der Waals surface area (Å²) in [7, 11) is 0. The molecule has 0 radical (unpaired) electrons. The molecule has 2 aromatic carbocycles. The van der Waals surface area contributed by atoms with Gasteiger partial charge in [-0.25, -0.2) is 4.79 Å². The van der Waals surface area contributed by atoms with Crippen LogP contribution in [-0.4, -0.2) is 23.9 Å². The number of hydrogen-bond donors (Lipinski definition) is 2. The van der Waals surface area contributed by atoms with E-state index in [1.807, 2.05) is 30.5 Å². The predicted octanol–water partition coefficient (Wildman–Crippen LogP) is 4.49. The lowest BCUT2D eigenvalue weighted by atomic mass is 10.2. The zero-order valence-corrected chi connectivity index (χ0v) is 16.8. The van der Waals surface area contributed by atoms with E-state index in [9.17, 15) is 14.4 Å². The van der Waals surface area contributed by atoms with E-state index in [2.05, 4.69) is 10.6 Å². The van der Waals surface area contributed by atoms with Crippen molar-refractivity contribution in [2.45, 2.75) is 20.0 Å². The fraction of sp³-hybridized carbons (Fsp3) is 0.136. The number of carbonyl (C=O) groups excluding carboxylic acids is 3. The van der Waals surface area contributed by atoms with Crippen molar-refractivity contribution in [3.63, 3.8) is 0 Å². The van der Waals surface area contributed by atoms with E-state index in [1.54, 1.807) is 36.4 Å². The molecule has 0 aliphatic carbocycles. The Labute approximate surface area is 172 Å². The Hall–Kier alpha value is -3.45. The van der Waals surface area contributed by atoms with Crippen LogP contribution in [0.25, 0.3) is 0 Å². The third-order valence-corrected chi connectivity index (χ3v) is 5.03. The van der Waals surface area contributed by atoms with Gasteiger partial charge in [0.25, 0.3) is 11.8 Å². The Bertz CT molecular complexity index is 1030. The highest BCUT2D eigenvalue weighted by Gasteiger charge is 2.20. The van der Waals surface area contributed by atoms with Crippen molar-refractivity contribution in [2.75, 3.05) is 10.6 Å². The van der Waals surface area contributed by atoms with Gasteiger partial charge < -0.3 is 15.4 Å². The SMILES string of the molecule is Cc1ccccc1NC(=O)C(C)OC(=O)c1cccc(NC(=O)c2cccs2)c1. The number of rotatable bonds is 6. The molecule has 7 heteroatoms. The van der Waals surface area contributed by atoms with E-state index in [0.717, 1.165) is 5.56 Å². The smallest absolute Gasteiger partial charge is 0.338 e. The Morgan fingerprint density at radius 1 is 0.966 bits per heavy atom. The van der Waals surface area contributed by atoms with Crippen molar-refractivity contribution in [3.05, 3.63) is 82.0 Å². The Kier molecular flexibility index (Phi) is 6.41. The van der Waals surface area contributed by atoms with Gasteiger partial charge in [0.1, 0.15) is 0 Å². The fourth-order valence-electron chi connectivity index (χ4n) is 2.55. The van der Waals surface area contributed by atoms with Gasteiger partial charge in [-0.15, -0.1) is 11.3 Å². The molecule has 148 valence electrons. The maximum absolute atomic E-state index is 12.4. The predicted molar refractivity (Wildman–Crippen MR) is 113 cm³/mol. The van der Waals surface area contributed by atoms with Crippen LogP contribution in [0.4, 0.5) is 11.4 Å². The lowest BCUT2D eigenvalue weighted by Crippen LogP contribution is -2.30. The molecule has 1 aromatic heterocycles. The summed E-state index contributed by atoms with van der Waals surface area (Å²) in [6, 6.07) is 17.2. The first kappa shape index (κ1) is 20.3. The lowest BCUT2D eigenvalue weighted by Gasteiger charge is -2.15. The number of nitrogens with one attached hydrogen (secondary N) is 2. The van der Waals surface area contributed by atoms with Crippen LogP contribution in [0.15, 0.2) is 66.0 Å². The molecule has 0 aliphatic heterocycles. The van der Waals surface area contributed by atoms with Gasteiger partial charge in [-0.2, -0.15) is 0 Å². The Morgan fingerprint density at radius 3 is 2.48 bits per heavy atom. The first-order chi connectivity index (χ1) is 13.9. The zero-order chi connectivity index (χ0) is 20.8. The van der Waals surface area contributed by atoms with E-state index in [4.69, 9.17) is 4.74 Å². The highest BCUT2D eigenvalue weighted by atomic mass is 32.1. The van der Waals surface area contributed by atoms with E-state index in [0.29, 0.717) is 16.3 Å². The second-order valence-corrected chi connectivity index (χ2v) is 7.31. The number of ether oxygens (including phenoxy) is 1. The average Bonchev–Trinajstić information content (AvgIpc) is 3.25. The molecule has 1 atom stereocenters. The molecule has 0 fully saturated rings. The molecule has 0 saturated heterocycles. The van der Waals surface area contributed by atoms with Gasteiger partial charge >= 0.3 is 5.97 Å². The second-order valence-electron chi connectivity index (χ2n) is 6.36. The number of benzene rings is 2. The summed E-state index contributed by atoms with van der Waals surface area (Å²) in [5.41, 5.74) is 2.28. The third-order valence-electron chi connectivity index (χ3n) is 4.16. The fourth-order valence-corrected chi connectivity index (χ4v) is 3.17. The molecule has 6 nitrogen and oxygen atoms in total. The molecule has 1 unspecified atom stereocenters. The number of carbonyl (C=O) groups is 3. The minimum absolute atomic E-state index is 0.240. The van der Waals surface area contributed by atoms with Gasteiger partial charge in [0.05, 0.1) is 10.4 Å². The average molecular weight is 408 g/mol. The molecule has 29 heavy (non-hydrogen) atoms. The Morgan fingerprint density at radius 2 is 1.76 bits per heavy atom. The molecule has 0 spiro atoms. The highest BCUT2D eigenvalue weighted by Crippen LogP contribution is 2.17. The maximum atomic E-state index is 12.4. The van der Waals surface area contributed by atoms with Gasteiger partial charge in [0.2, 0.25) is 0 Å². The molecule has 0 saturated carbocycles. The molecule has 3 rings (SSSR count). The van der Waals surface area contributed by atoms with Gasteiger partial charge in [-0.1, -0.05) is 30.3 Å². The molecule has 0 aliphatic rings. The number of anilines is 2. The first-order valence-corrected chi connectivity index (χ1v) is 9.84. The Balaban J connectivity index is 1.62. The second kappa shape index (κ2) is 9.16. The number of thiophene rings is 1. The van der Waals surface area contributed by atoms with E-state index in [-0.39, 0.29) is 11.5 Å². The van der Waals surface area contributed by atoms with E-state index in [1.165, 1.54) is 24.3 Å². The molecular weight excluding hydrogens is 388 g/mol. The third kappa shape index (κ3) is 5.30. The highest BCUT2D eigenvalue weighted by molar-refractivity contribution is 7.12. The molecule has 2 N–H and O–H groups in total. The number of hydrogen-bond acceptors (Lipinski definition) is 5. The number of para-hydroxylation sites is 1. The van der Waals surface area contributed by atoms with Crippen LogP contribution >= 0.6 is 11.3 Å². The van der Waals surface area contributed by atoms with E-state index >= 15 is 0 Å². The largest absolute Gasteiger partial charge is 0.449 e. The van der Waals surface area contributed by atoms with Gasteiger partial charge in [-0.05, 0) is 55.1 Å². The molecule has 3 aromatic rings. The van der Waals surface area contributed by atoms with Gasteiger partial charge in [0, 0.05) is 11.4 Å². The van der Waals surface area contributed by atoms with Crippen LogP contribution in [-0.2, 0) is 9.53 Å². The number of aryl methyl sites for hydroxylation is 1.